The molecular weight excluding hydrogens is 312 g/mol. The van der Waals surface area contributed by atoms with Crippen LogP contribution in [0.2, 0.25) is 53.1 Å². The van der Waals surface area contributed by atoms with Crippen molar-refractivity contribution >= 4 is 63.4 Å². The molecule has 3 aliphatic heterocycles. The summed E-state index contributed by atoms with van der Waals surface area (Å²) in [5.74, 6) is 4.98. The molecule has 0 aromatic rings. The smallest absolute Gasteiger partial charge is 0.127 e. The maximum absolute atomic E-state index is 4.79. The van der Waals surface area contributed by atoms with Gasteiger partial charge in [-0.05, 0) is 5.75 Å². The molecule has 132 valence electrons. The number of fused-ring (bicyclic) bond motifs is 2. The van der Waals surface area contributed by atoms with E-state index in [9.17, 15) is 0 Å². The Labute approximate surface area is 168 Å². The number of rotatable bonds is 1. The van der Waals surface area contributed by atoms with Crippen LogP contribution in [0.4, 0.5) is 0 Å². The minimum Gasteiger partial charge on any atom is -0.180 e. The van der Waals surface area contributed by atoms with E-state index < -0.39 is 0 Å². The Morgan fingerprint density at radius 2 is 1.52 bits per heavy atom. The van der Waals surface area contributed by atoms with Crippen molar-refractivity contribution in [2.45, 2.75) is 99.0 Å². The monoisotopic (exact) mass is 350 g/mol. The second-order valence-electron chi connectivity index (χ2n) is 10.4. The van der Waals surface area contributed by atoms with Crippen LogP contribution in [0, 0.1) is 0 Å². The van der Waals surface area contributed by atoms with Gasteiger partial charge in [-0.25, -0.2) is 0 Å². The summed E-state index contributed by atoms with van der Waals surface area (Å²) < 4.78 is 0. The minimum atomic E-state index is 0.877. The fourth-order valence-corrected chi connectivity index (χ4v) is 7.17. The van der Waals surface area contributed by atoms with Gasteiger partial charge in [0.1, 0.15) is 36.4 Å². The molecule has 4 unspecified atom stereocenters. The molecule has 0 radical (unpaired) electrons. The summed E-state index contributed by atoms with van der Waals surface area (Å²) in [5, 5.41) is 0. The van der Waals surface area contributed by atoms with E-state index >= 15 is 0 Å². The molecule has 0 spiro atoms. The summed E-state index contributed by atoms with van der Waals surface area (Å²) in [5.41, 5.74) is 3.04. The van der Waals surface area contributed by atoms with Crippen LogP contribution < -0.4 is 0 Å². The van der Waals surface area contributed by atoms with Gasteiger partial charge in [0.15, 0.2) is 0 Å². The SMILES string of the molecule is CC1BBC2BCCC[C@@H]2B[C@@H](C)CC(CS)B[C@@H]2CCCBC2B1. The molecular formula is C17H37B7S. The Bertz CT molecular complexity index is 399. The molecule has 0 saturated carbocycles. The lowest BCUT2D eigenvalue weighted by Gasteiger charge is -2.34. The Morgan fingerprint density at radius 3 is 2.24 bits per heavy atom. The first kappa shape index (κ1) is 20.5. The molecule has 3 aliphatic rings. The molecule has 0 nitrogen and oxygen atoms in total. The van der Waals surface area contributed by atoms with Crippen LogP contribution in [0.3, 0.4) is 0 Å². The first-order valence-corrected chi connectivity index (χ1v) is 12.4. The Morgan fingerprint density at radius 1 is 0.840 bits per heavy atom. The summed E-state index contributed by atoms with van der Waals surface area (Å²) >= 11 is 4.79. The van der Waals surface area contributed by atoms with Crippen molar-refractivity contribution in [2.75, 3.05) is 5.75 Å². The van der Waals surface area contributed by atoms with Crippen molar-refractivity contribution in [3.05, 3.63) is 0 Å². The summed E-state index contributed by atoms with van der Waals surface area (Å²) in [6.45, 7) is 5.13. The molecule has 0 aromatic heterocycles. The van der Waals surface area contributed by atoms with E-state index in [0.717, 1.165) is 46.2 Å². The lowest BCUT2D eigenvalue weighted by Crippen LogP contribution is -2.33. The molecule has 3 fully saturated rings. The first-order valence-electron chi connectivity index (χ1n) is 11.8. The normalized spacial score (nSPS) is 42.3. The fraction of sp³-hybridized carbons (Fsp3) is 1.00. The van der Waals surface area contributed by atoms with Crippen LogP contribution in [-0.4, -0.2) is 56.5 Å². The zero-order valence-electron chi connectivity index (χ0n) is 17.1. The van der Waals surface area contributed by atoms with Gasteiger partial charge in [0.05, 0.1) is 14.3 Å². The van der Waals surface area contributed by atoms with Gasteiger partial charge in [-0.3, -0.25) is 0 Å². The van der Waals surface area contributed by atoms with Crippen molar-refractivity contribution in [3.63, 3.8) is 0 Å². The summed E-state index contributed by atoms with van der Waals surface area (Å²) in [4.78, 5) is 0. The quantitative estimate of drug-likeness (QED) is 0.544. The summed E-state index contributed by atoms with van der Waals surface area (Å²) in [6.07, 6.45) is 10.5. The van der Waals surface area contributed by atoms with Gasteiger partial charge in [0, 0.05) is 0 Å². The van der Waals surface area contributed by atoms with Crippen LogP contribution >= 0.6 is 12.6 Å². The highest BCUT2D eigenvalue weighted by Crippen LogP contribution is 2.42. The van der Waals surface area contributed by atoms with Gasteiger partial charge in [-0.1, -0.05) is 99.0 Å². The predicted octanol–water partition coefficient (Wildman–Crippen LogP) is 2.15. The molecule has 25 heavy (non-hydrogen) atoms. The van der Waals surface area contributed by atoms with Gasteiger partial charge in [0.2, 0.25) is 0 Å². The molecule has 3 heterocycles. The van der Waals surface area contributed by atoms with Crippen LogP contribution in [0.5, 0.6) is 0 Å². The molecule has 0 bridgehead atoms. The van der Waals surface area contributed by atoms with Crippen molar-refractivity contribution in [1.29, 1.82) is 0 Å². The average molecular weight is 349 g/mol. The van der Waals surface area contributed by atoms with E-state index in [1.54, 1.807) is 0 Å². The second kappa shape index (κ2) is 10.4. The van der Waals surface area contributed by atoms with E-state index in [4.69, 9.17) is 12.6 Å². The summed E-state index contributed by atoms with van der Waals surface area (Å²) in [6, 6.07) is 0. The Balaban J connectivity index is 1.71. The zero-order valence-corrected chi connectivity index (χ0v) is 18.0. The predicted molar refractivity (Wildman–Crippen MR) is 134 cm³/mol. The summed E-state index contributed by atoms with van der Waals surface area (Å²) in [7, 11) is 10.6. The highest BCUT2D eigenvalue weighted by atomic mass is 32.1. The van der Waals surface area contributed by atoms with Crippen molar-refractivity contribution in [3.8, 4) is 0 Å². The van der Waals surface area contributed by atoms with E-state index in [1.807, 2.05) is 0 Å². The highest BCUT2D eigenvalue weighted by Gasteiger charge is 2.34. The van der Waals surface area contributed by atoms with E-state index in [-0.39, 0.29) is 0 Å². The van der Waals surface area contributed by atoms with E-state index in [1.165, 1.54) is 95.5 Å². The third kappa shape index (κ3) is 6.15. The standard InChI is InChI=1S/C17H37B7S/c1-11-9-13(10-25)22-14-5-3-7-18-16(14)21-12(2)23-24-17-15(20-11)6-4-8-19-17/h11-25H,3-10H2,1-2H3/t11-,12?,13?,14+,15-,16?,17?/m0/s1. The number of hydrogen-bond acceptors (Lipinski definition) is 1. The van der Waals surface area contributed by atoms with Gasteiger partial charge >= 0.3 is 0 Å². The maximum atomic E-state index is 4.79. The van der Waals surface area contributed by atoms with Crippen molar-refractivity contribution in [2.24, 2.45) is 0 Å². The largest absolute Gasteiger partial charge is 0.180 e. The molecule has 0 aromatic carbocycles. The van der Waals surface area contributed by atoms with Crippen LogP contribution in [0.1, 0.15) is 46.0 Å². The molecule has 3 rings (SSSR count). The van der Waals surface area contributed by atoms with E-state index in [2.05, 4.69) is 13.8 Å². The van der Waals surface area contributed by atoms with Gasteiger partial charge in [-0.15, -0.1) is 0 Å². The second-order valence-corrected chi connectivity index (χ2v) is 10.8. The highest BCUT2D eigenvalue weighted by molar-refractivity contribution is 7.80. The number of hydrogen-bond donors (Lipinski definition) is 1. The molecule has 0 N–H and O–H groups in total. The molecule has 7 atom stereocenters. The minimum absolute atomic E-state index is 0.877. The van der Waals surface area contributed by atoms with Gasteiger partial charge < -0.3 is 0 Å². The van der Waals surface area contributed by atoms with Crippen molar-refractivity contribution < 1.29 is 0 Å². The number of thiol groups is 1. The van der Waals surface area contributed by atoms with Gasteiger partial charge in [0.25, 0.3) is 0 Å². The van der Waals surface area contributed by atoms with Crippen LogP contribution in [0.15, 0.2) is 0 Å². The maximum Gasteiger partial charge on any atom is 0.127 e. The lowest BCUT2D eigenvalue weighted by atomic mass is 9.14. The topological polar surface area (TPSA) is 0 Å². The van der Waals surface area contributed by atoms with Crippen LogP contribution in [0.25, 0.3) is 0 Å². The zero-order chi connectivity index (χ0) is 17.6. The van der Waals surface area contributed by atoms with Crippen molar-refractivity contribution in [1.82, 2.24) is 0 Å². The Kier molecular flexibility index (Phi) is 8.52. The first-order chi connectivity index (χ1) is 12.2. The lowest BCUT2D eigenvalue weighted by molar-refractivity contribution is 0.662. The van der Waals surface area contributed by atoms with Gasteiger partial charge in [-0.2, -0.15) is 12.6 Å². The molecule has 0 aliphatic carbocycles. The average Bonchev–Trinajstić information content (AvgIpc) is 2.62. The van der Waals surface area contributed by atoms with E-state index in [0.29, 0.717) is 0 Å². The molecule has 8 heteroatoms. The fourth-order valence-electron chi connectivity index (χ4n) is 6.87. The third-order valence-electron chi connectivity index (χ3n) is 8.20. The Hall–Kier alpha value is 0.805. The molecule has 3 saturated heterocycles. The molecule has 0 amide bonds. The van der Waals surface area contributed by atoms with Crippen LogP contribution in [-0.2, 0) is 0 Å². The third-order valence-corrected chi connectivity index (χ3v) is 8.72.